The summed E-state index contributed by atoms with van der Waals surface area (Å²) < 4.78 is 0. The van der Waals surface area contributed by atoms with Gasteiger partial charge in [-0.2, -0.15) is 0 Å². The van der Waals surface area contributed by atoms with Crippen LogP contribution in [0.15, 0.2) is 30.5 Å². The van der Waals surface area contributed by atoms with Gasteiger partial charge in [0.25, 0.3) is 0 Å². The average molecular weight is 575 g/mol. The number of amides is 6. The molecule has 4 atom stereocenters. The van der Waals surface area contributed by atoms with Crippen molar-refractivity contribution in [1.82, 2.24) is 20.9 Å². The second-order valence-electron chi connectivity index (χ2n) is 9.37. The van der Waals surface area contributed by atoms with E-state index in [1.165, 1.54) is 0 Å². The van der Waals surface area contributed by atoms with E-state index in [9.17, 15) is 38.7 Å². The number of fused-ring (bicyclic) bond motifs is 1. The van der Waals surface area contributed by atoms with Crippen molar-refractivity contribution in [2.75, 3.05) is 0 Å². The lowest BCUT2D eigenvalue weighted by molar-refractivity contribution is -0.143. The third-order valence-corrected chi connectivity index (χ3v) is 6.10. The van der Waals surface area contributed by atoms with Crippen molar-refractivity contribution in [1.29, 1.82) is 0 Å². The third kappa shape index (κ3) is 10.2. The molecule has 13 N–H and O–H groups in total. The van der Waals surface area contributed by atoms with E-state index in [-0.39, 0.29) is 32.1 Å². The van der Waals surface area contributed by atoms with Crippen molar-refractivity contribution in [2.24, 2.45) is 22.9 Å². The van der Waals surface area contributed by atoms with Crippen LogP contribution in [0.1, 0.15) is 37.7 Å². The molecule has 0 radical (unpaired) electrons. The van der Waals surface area contributed by atoms with E-state index in [1.54, 1.807) is 6.20 Å². The molecule has 41 heavy (non-hydrogen) atoms. The first-order valence-corrected chi connectivity index (χ1v) is 12.6. The Morgan fingerprint density at radius 3 is 1.88 bits per heavy atom. The van der Waals surface area contributed by atoms with Gasteiger partial charge in [0.1, 0.15) is 18.1 Å². The molecule has 0 aliphatic carbocycles. The van der Waals surface area contributed by atoms with E-state index < -0.39 is 72.0 Å². The van der Waals surface area contributed by atoms with E-state index in [4.69, 9.17) is 22.9 Å². The fourth-order valence-electron chi connectivity index (χ4n) is 3.96. The molecule has 0 aliphatic heterocycles. The highest BCUT2D eigenvalue weighted by Crippen LogP contribution is 2.18. The van der Waals surface area contributed by atoms with Crippen LogP contribution in [-0.2, 0) is 40.0 Å². The lowest BCUT2D eigenvalue weighted by Gasteiger charge is -2.24. The molecule has 0 saturated carbocycles. The number of hydrogen-bond acceptors (Lipinski definition) is 8. The topological polar surface area (TPSA) is 296 Å². The van der Waals surface area contributed by atoms with E-state index in [2.05, 4.69) is 20.9 Å². The monoisotopic (exact) mass is 574 g/mol. The molecule has 16 heteroatoms. The van der Waals surface area contributed by atoms with Crippen molar-refractivity contribution in [3.05, 3.63) is 36.0 Å². The Hall–Kier alpha value is -4.99. The summed E-state index contributed by atoms with van der Waals surface area (Å²) in [4.78, 5) is 87.4. The molecule has 0 bridgehead atoms. The number of rotatable bonds is 17. The largest absolute Gasteiger partial charge is 0.480 e. The number of nitrogens with two attached hydrogens (primary N) is 4. The highest BCUT2D eigenvalue weighted by Gasteiger charge is 2.31. The van der Waals surface area contributed by atoms with Crippen molar-refractivity contribution < 1.29 is 38.7 Å². The Kier molecular flexibility index (Phi) is 11.8. The van der Waals surface area contributed by atoms with E-state index in [1.807, 2.05) is 24.3 Å². The molecule has 2 aromatic rings. The van der Waals surface area contributed by atoms with Gasteiger partial charge >= 0.3 is 5.97 Å². The Morgan fingerprint density at radius 1 is 0.756 bits per heavy atom. The Labute approximate surface area is 233 Å². The van der Waals surface area contributed by atoms with Crippen molar-refractivity contribution in [2.45, 2.75) is 62.7 Å². The van der Waals surface area contributed by atoms with Gasteiger partial charge < -0.3 is 49.0 Å². The molecular formula is C25H34N8O8. The number of aliphatic carboxylic acids is 1. The smallest absolute Gasteiger partial charge is 0.326 e. The van der Waals surface area contributed by atoms with Crippen LogP contribution in [0.2, 0.25) is 0 Å². The van der Waals surface area contributed by atoms with Gasteiger partial charge in [-0.15, -0.1) is 0 Å². The van der Waals surface area contributed by atoms with Crippen LogP contribution >= 0.6 is 0 Å². The number of primary amides is 3. The molecule has 2 rings (SSSR count). The summed E-state index contributed by atoms with van der Waals surface area (Å²) in [6, 6.07) is 1.62. The first-order valence-electron chi connectivity index (χ1n) is 12.6. The molecule has 1 heterocycles. The third-order valence-electron chi connectivity index (χ3n) is 6.10. The van der Waals surface area contributed by atoms with Crippen LogP contribution in [0.3, 0.4) is 0 Å². The van der Waals surface area contributed by atoms with Crippen LogP contribution in [-0.4, -0.2) is 75.7 Å². The molecule has 0 fully saturated rings. The van der Waals surface area contributed by atoms with Gasteiger partial charge in [0.15, 0.2) is 0 Å². The molecule has 1 aromatic heterocycles. The number of carbonyl (C=O) groups excluding carboxylic acids is 6. The predicted molar refractivity (Wildman–Crippen MR) is 144 cm³/mol. The molecule has 4 unspecified atom stereocenters. The number of hydrogen-bond donors (Lipinski definition) is 9. The predicted octanol–water partition coefficient (Wildman–Crippen LogP) is -3.02. The summed E-state index contributed by atoms with van der Waals surface area (Å²) in [5.74, 6) is -6.86. The molecule has 0 aliphatic rings. The minimum atomic E-state index is -1.55. The molecule has 16 nitrogen and oxygen atoms in total. The molecule has 0 saturated heterocycles. The van der Waals surface area contributed by atoms with Gasteiger partial charge in [-0.25, -0.2) is 4.79 Å². The van der Waals surface area contributed by atoms with Gasteiger partial charge in [-0.1, -0.05) is 18.2 Å². The number of benzene rings is 1. The number of carboxylic acids is 1. The minimum Gasteiger partial charge on any atom is -0.480 e. The number of para-hydroxylation sites is 1. The van der Waals surface area contributed by atoms with Gasteiger partial charge in [-0.3, -0.25) is 28.8 Å². The van der Waals surface area contributed by atoms with Crippen molar-refractivity contribution >= 4 is 52.3 Å². The summed E-state index contributed by atoms with van der Waals surface area (Å²) in [7, 11) is 0. The molecule has 1 aromatic carbocycles. The Morgan fingerprint density at radius 2 is 1.29 bits per heavy atom. The van der Waals surface area contributed by atoms with Crippen LogP contribution in [0.5, 0.6) is 0 Å². The molecule has 222 valence electrons. The SMILES string of the molecule is NC(=O)CCC(NC(=O)C(CCC(N)=O)NC(=O)C(CC(N)=O)NC(=O)C(N)Cc1c[nH]c2ccccc12)C(=O)O. The van der Waals surface area contributed by atoms with Crippen molar-refractivity contribution in [3.63, 3.8) is 0 Å². The van der Waals surface area contributed by atoms with Crippen molar-refractivity contribution in [3.8, 4) is 0 Å². The van der Waals surface area contributed by atoms with E-state index in [0.29, 0.717) is 0 Å². The number of nitrogens with one attached hydrogen (secondary N) is 4. The number of aromatic amines is 1. The maximum Gasteiger partial charge on any atom is 0.326 e. The zero-order valence-corrected chi connectivity index (χ0v) is 22.1. The maximum absolute atomic E-state index is 13.1. The molecular weight excluding hydrogens is 540 g/mol. The van der Waals surface area contributed by atoms with E-state index in [0.717, 1.165) is 16.5 Å². The van der Waals surface area contributed by atoms with Gasteiger partial charge in [0.05, 0.1) is 12.5 Å². The Balaban J connectivity index is 2.15. The molecule has 0 spiro atoms. The summed E-state index contributed by atoms with van der Waals surface area (Å²) >= 11 is 0. The highest BCUT2D eigenvalue weighted by molar-refractivity contribution is 5.96. The standard InChI is InChI=1S/C25H34N8O8/c26-14(9-12-11-30-15-4-2-1-3-13(12)15)22(37)33-18(10-21(29)36)24(39)31-16(5-7-19(27)34)23(38)32-17(25(40)41)6-8-20(28)35/h1-4,11,14,16-18,30H,5-10,26H2,(H2,27,34)(H2,28,35)(H2,29,36)(H,31,39)(H,32,38)(H,33,37)(H,40,41). The van der Waals surface area contributed by atoms with Gasteiger partial charge in [0, 0.05) is 29.9 Å². The lowest BCUT2D eigenvalue weighted by atomic mass is 10.0. The fraction of sp³-hybridized carbons (Fsp3) is 0.400. The summed E-state index contributed by atoms with van der Waals surface area (Å²) in [6.45, 7) is 0. The van der Waals surface area contributed by atoms with Crippen LogP contribution < -0.4 is 38.9 Å². The number of aromatic nitrogens is 1. The summed E-state index contributed by atoms with van der Waals surface area (Å²) in [6.07, 6.45) is -0.264. The number of carbonyl (C=O) groups is 7. The normalized spacial score (nSPS) is 13.8. The fourth-order valence-corrected chi connectivity index (χ4v) is 3.96. The van der Waals surface area contributed by atoms with Crippen LogP contribution in [0.4, 0.5) is 0 Å². The zero-order valence-electron chi connectivity index (χ0n) is 22.1. The average Bonchev–Trinajstić information content (AvgIpc) is 3.30. The summed E-state index contributed by atoms with van der Waals surface area (Å²) in [5, 5.41) is 17.0. The van der Waals surface area contributed by atoms with Gasteiger partial charge in [-0.05, 0) is 30.9 Å². The quantitative estimate of drug-likeness (QED) is 0.0927. The minimum absolute atomic E-state index is 0.0896. The molecule has 6 amide bonds. The zero-order chi connectivity index (χ0) is 30.7. The first-order chi connectivity index (χ1) is 19.3. The number of H-pyrrole nitrogens is 1. The second kappa shape index (κ2) is 15.0. The van der Waals surface area contributed by atoms with Gasteiger partial charge in [0.2, 0.25) is 35.4 Å². The first kappa shape index (κ1) is 32.2. The highest BCUT2D eigenvalue weighted by atomic mass is 16.4. The number of carboxylic acid groups (broad SMARTS) is 1. The van der Waals surface area contributed by atoms with Crippen LogP contribution in [0, 0.1) is 0 Å². The maximum atomic E-state index is 13.1. The van der Waals surface area contributed by atoms with E-state index >= 15 is 0 Å². The Bertz CT molecular complexity index is 1310. The lowest BCUT2D eigenvalue weighted by Crippen LogP contribution is -2.58. The van der Waals surface area contributed by atoms with Crippen LogP contribution in [0.25, 0.3) is 10.9 Å². The second-order valence-corrected chi connectivity index (χ2v) is 9.37. The summed E-state index contributed by atoms with van der Waals surface area (Å²) in [5.41, 5.74) is 23.1.